The molecule has 3 heteroatoms. The maximum atomic E-state index is 11.0. The molecule has 0 aromatic heterocycles. The molecule has 0 aromatic rings. The van der Waals surface area contributed by atoms with Crippen molar-refractivity contribution in [1.82, 2.24) is 0 Å². The van der Waals surface area contributed by atoms with Gasteiger partial charge in [0, 0.05) is 0 Å². The molecule has 1 rings (SSSR count). The summed E-state index contributed by atoms with van der Waals surface area (Å²) in [5, 5.41) is 9.01. The highest BCUT2D eigenvalue weighted by molar-refractivity contribution is 5.73. The van der Waals surface area contributed by atoms with E-state index in [1.54, 1.807) is 0 Å². The van der Waals surface area contributed by atoms with Crippen LogP contribution in [0.25, 0.3) is 0 Å². The van der Waals surface area contributed by atoms with E-state index in [4.69, 9.17) is 10.8 Å². The topological polar surface area (TPSA) is 63.3 Å². The Hall–Kier alpha value is -0.570. The Morgan fingerprint density at radius 3 is 2.20 bits per heavy atom. The third-order valence-corrected chi connectivity index (χ3v) is 3.66. The van der Waals surface area contributed by atoms with Crippen LogP contribution < -0.4 is 5.73 Å². The van der Waals surface area contributed by atoms with Crippen LogP contribution in [0, 0.1) is 17.8 Å². The van der Waals surface area contributed by atoms with Crippen molar-refractivity contribution in [3.05, 3.63) is 0 Å². The number of carbonyl (C=O) groups is 1. The largest absolute Gasteiger partial charge is 0.480 e. The molecule has 1 fully saturated rings. The molecule has 0 amide bonds. The van der Waals surface area contributed by atoms with Gasteiger partial charge in [-0.25, -0.2) is 0 Å². The van der Waals surface area contributed by atoms with Gasteiger partial charge in [-0.3, -0.25) is 4.79 Å². The number of nitrogens with two attached hydrogens (primary N) is 1. The number of carboxylic acids is 1. The summed E-state index contributed by atoms with van der Waals surface area (Å²) in [5.74, 6) is 0.172. The fraction of sp³-hybridized carbons (Fsp3) is 0.917. The summed E-state index contributed by atoms with van der Waals surface area (Å²) in [6.07, 6.45) is 6.08. The number of hydrogen-bond donors (Lipinski definition) is 2. The molecular formula is C12H23NO2. The highest BCUT2D eigenvalue weighted by atomic mass is 16.4. The summed E-state index contributed by atoms with van der Waals surface area (Å²) in [6, 6.07) is -0.687. The van der Waals surface area contributed by atoms with E-state index in [2.05, 4.69) is 13.8 Å². The molecule has 0 aliphatic heterocycles. The molecule has 88 valence electrons. The number of aliphatic carboxylic acids is 1. The van der Waals surface area contributed by atoms with Crippen LogP contribution in [-0.2, 0) is 4.79 Å². The Kier molecular flexibility index (Phi) is 4.58. The Balaban J connectivity index is 2.67. The third-order valence-electron chi connectivity index (χ3n) is 3.66. The van der Waals surface area contributed by atoms with Crippen molar-refractivity contribution < 1.29 is 9.90 Å². The second-order valence-electron chi connectivity index (χ2n) is 5.08. The first-order valence-electron chi connectivity index (χ1n) is 6.02. The average Bonchev–Trinajstić information content (AvgIpc) is 2.18. The molecule has 3 N–H and O–H groups in total. The zero-order valence-corrected chi connectivity index (χ0v) is 9.78. The molecule has 0 bridgehead atoms. The minimum absolute atomic E-state index is 0.141. The third kappa shape index (κ3) is 3.20. The highest BCUT2D eigenvalue weighted by Gasteiger charge is 2.34. The molecule has 1 aliphatic rings. The van der Waals surface area contributed by atoms with Crippen molar-refractivity contribution in [1.29, 1.82) is 0 Å². The Labute approximate surface area is 92.0 Å². The molecule has 2 unspecified atom stereocenters. The lowest BCUT2D eigenvalue weighted by Crippen LogP contribution is -2.44. The molecule has 15 heavy (non-hydrogen) atoms. The summed E-state index contributed by atoms with van der Waals surface area (Å²) in [4.78, 5) is 11.0. The van der Waals surface area contributed by atoms with E-state index in [1.807, 2.05) is 0 Å². The number of carboxylic acid groups (broad SMARTS) is 1. The maximum absolute atomic E-state index is 11.0. The van der Waals surface area contributed by atoms with Crippen LogP contribution in [-0.4, -0.2) is 17.1 Å². The van der Waals surface area contributed by atoms with Crippen molar-refractivity contribution in [2.24, 2.45) is 23.5 Å². The molecule has 0 heterocycles. The van der Waals surface area contributed by atoms with Gasteiger partial charge in [0.05, 0.1) is 0 Å². The highest BCUT2D eigenvalue weighted by Crippen LogP contribution is 2.35. The van der Waals surface area contributed by atoms with E-state index < -0.39 is 12.0 Å². The molecule has 0 aromatic carbocycles. The minimum atomic E-state index is -0.848. The monoisotopic (exact) mass is 213 g/mol. The van der Waals surface area contributed by atoms with Gasteiger partial charge in [0.2, 0.25) is 0 Å². The molecule has 0 radical (unpaired) electrons. The second-order valence-corrected chi connectivity index (χ2v) is 5.08. The van der Waals surface area contributed by atoms with Crippen molar-refractivity contribution in [3.63, 3.8) is 0 Å². The normalized spacial score (nSPS) is 22.7. The van der Waals surface area contributed by atoms with E-state index in [9.17, 15) is 4.79 Å². The first-order chi connectivity index (χ1) is 7.04. The lowest BCUT2D eigenvalue weighted by atomic mass is 9.72. The first-order valence-corrected chi connectivity index (χ1v) is 6.02. The predicted octanol–water partition coefficient (Wildman–Crippen LogP) is 2.25. The molecule has 2 atom stereocenters. The number of rotatable bonds is 4. The zero-order chi connectivity index (χ0) is 11.4. The Bertz CT molecular complexity index is 210. The van der Waals surface area contributed by atoms with Crippen LogP contribution in [0.15, 0.2) is 0 Å². The van der Waals surface area contributed by atoms with Gasteiger partial charge in [-0.05, 0) is 17.8 Å². The van der Waals surface area contributed by atoms with Gasteiger partial charge in [-0.2, -0.15) is 0 Å². The van der Waals surface area contributed by atoms with Crippen molar-refractivity contribution >= 4 is 5.97 Å². The average molecular weight is 213 g/mol. The van der Waals surface area contributed by atoms with Crippen molar-refractivity contribution in [3.8, 4) is 0 Å². The summed E-state index contributed by atoms with van der Waals surface area (Å²) in [6.45, 7) is 4.17. The van der Waals surface area contributed by atoms with Crippen LogP contribution >= 0.6 is 0 Å². The minimum Gasteiger partial charge on any atom is -0.480 e. The van der Waals surface area contributed by atoms with E-state index in [-0.39, 0.29) is 5.92 Å². The van der Waals surface area contributed by atoms with Crippen LogP contribution in [0.2, 0.25) is 0 Å². The van der Waals surface area contributed by atoms with Crippen LogP contribution in [0.1, 0.15) is 46.0 Å². The SMILES string of the molecule is CC(C)C(C1CCCCC1)C(N)C(=O)O. The summed E-state index contributed by atoms with van der Waals surface area (Å²) < 4.78 is 0. The Morgan fingerprint density at radius 1 is 1.27 bits per heavy atom. The smallest absolute Gasteiger partial charge is 0.320 e. The summed E-state index contributed by atoms with van der Waals surface area (Å²) >= 11 is 0. The molecule has 0 saturated heterocycles. The van der Waals surface area contributed by atoms with Crippen molar-refractivity contribution in [2.75, 3.05) is 0 Å². The summed E-state index contributed by atoms with van der Waals surface area (Å²) in [5.41, 5.74) is 5.79. The predicted molar refractivity (Wildman–Crippen MR) is 60.5 cm³/mol. The Morgan fingerprint density at radius 2 is 1.80 bits per heavy atom. The molecule has 3 nitrogen and oxygen atoms in total. The van der Waals surface area contributed by atoms with Gasteiger partial charge >= 0.3 is 5.97 Å². The second kappa shape index (κ2) is 5.50. The summed E-state index contributed by atoms with van der Waals surface area (Å²) in [7, 11) is 0. The van der Waals surface area contributed by atoms with Gasteiger partial charge < -0.3 is 10.8 Å². The van der Waals surface area contributed by atoms with Crippen molar-refractivity contribution in [2.45, 2.75) is 52.0 Å². The van der Waals surface area contributed by atoms with Crippen LogP contribution in [0.4, 0.5) is 0 Å². The van der Waals surface area contributed by atoms with Crippen LogP contribution in [0.3, 0.4) is 0 Å². The molecular weight excluding hydrogens is 190 g/mol. The fourth-order valence-corrected chi connectivity index (χ4v) is 2.94. The zero-order valence-electron chi connectivity index (χ0n) is 9.78. The molecule has 1 aliphatic carbocycles. The lowest BCUT2D eigenvalue weighted by molar-refractivity contribution is -0.141. The van der Waals surface area contributed by atoms with E-state index in [0.717, 1.165) is 12.8 Å². The van der Waals surface area contributed by atoms with E-state index >= 15 is 0 Å². The van der Waals surface area contributed by atoms with E-state index in [0.29, 0.717) is 11.8 Å². The van der Waals surface area contributed by atoms with Gasteiger partial charge in [0.15, 0.2) is 0 Å². The fourth-order valence-electron chi connectivity index (χ4n) is 2.94. The maximum Gasteiger partial charge on any atom is 0.320 e. The quantitative estimate of drug-likeness (QED) is 0.753. The van der Waals surface area contributed by atoms with Gasteiger partial charge in [-0.1, -0.05) is 46.0 Å². The standard InChI is InChI=1S/C12H23NO2/c1-8(2)10(11(13)12(14)15)9-6-4-3-5-7-9/h8-11H,3-7,13H2,1-2H3,(H,14,15). The number of hydrogen-bond acceptors (Lipinski definition) is 2. The first kappa shape index (κ1) is 12.5. The van der Waals surface area contributed by atoms with Gasteiger partial charge in [0.25, 0.3) is 0 Å². The lowest BCUT2D eigenvalue weighted by Gasteiger charge is -2.35. The van der Waals surface area contributed by atoms with Gasteiger partial charge in [0.1, 0.15) is 6.04 Å². The molecule has 1 saturated carbocycles. The van der Waals surface area contributed by atoms with E-state index in [1.165, 1.54) is 19.3 Å². The van der Waals surface area contributed by atoms with Gasteiger partial charge in [-0.15, -0.1) is 0 Å². The molecule has 0 spiro atoms. The van der Waals surface area contributed by atoms with Crippen LogP contribution in [0.5, 0.6) is 0 Å².